The Morgan fingerprint density at radius 1 is 0.497 bits per heavy atom. The minimum Gasteiger partial charge on any atom is -0.493 e. The highest BCUT2D eigenvalue weighted by atomic mass is 19.1. The third kappa shape index (κ3) is 29.6. The number of nitrogens with two attached hydrogens (primary N) is 2. The quantitative estimate of drug-likeness (QED) is 0.00577. The van der Waals surface area contributed by atoms with Crippen LogP contribution in [0.3, 0.4) is 0 Å². The number of benzene rings is 6. The van der Waals surface area contributed by atoms with Crippen LogP contribution < -0.4 is 66.9 Å². The lowest BCUT2D eigenvalue weighted by Gasteiger charge is -2.41. The molecular formula is C107H136F2N16O18+2. The number of imide groups is 2. The molecule has 4 fully saturated rings. The van der Waals surface area contributed by atoms with Gasteiger partial charge in [-0.15, -0.1) is 0 Å². The summed E-state index contributed by atoms with van der Waals surface area (Å²) < 4.78 is 66.4. The molecular weight excluding hydrogens is 1840 g/mol. The number of anilines is 6. The smallest absolute Gasteiger partial charge is 0.312 e. The highest BCUT2D eigenvalue weighted by Gasteiger charge is 2.51. The Morgan fingerprint density at radius 2 is 0.951 bits per heavy atom. The first-order valence-corrected chi connectivity index (χ1v) is 49.5. The van der Waals surface area contributed by atoms with Crippen molar-refractivity contribution in [3.8, 4) is 23.0 Å². The molecule has 0 unspecified atom stereocenters. The van der Waals surface area contributed by atoms with Gasteiger partial charge in [-0.05, 0) is 186 Å². The second kappa shape index (κ2) is 52.4. The minimum atomic E-state index is -1.11. The van der Waals surface area contributed by atoms with E-state index >= 15 is 0 Å². The summed E-state index contributed by atoms with van der Waals surface area (Å²) in [7, 11) is 3.18. The molecule has 34 nitrogen and oxygen atoms in total. The van der Waals surface area contributed by atoms with Gasteiger partial charge in [0.25, 0.3) is 35.8 Å². The first kappa shape index (κ1) is 108. The van der Waals surface area contributed by atoms with E-state index in [1.807, 2.05) is 65.2 Å². The van der Waals surface area contributed by atoms with Gasteiger partial charge in [0.05, 0.1) is 82.1 Å². The van der Waals surface area contributed by atoms with Crippen LogP contribution in [0.25, 0.3) is 21.8 Å². The van der Waals surface area contributed by atoms with Gasteiger partial charge in [-0.25, -0.2) is 32.9 Å². The normalized spacial score (nSPS) is 16.0. The van der Waals surface area contributed by atoms with Crippen molar-refractivity contribution in [2.24, 2.45) is 34.1 Å². The molecule has 0 spiro atoms. The maximum absolute atomic E-state index is 14.2. The van der Waals surface area contributed by atoms with E-state index < -0.39 is 34.7 Å². The van der Waals surface area contributed by atoms with Gasteiger partial charge in [0.2, 0.25) is 11.8 Å². The Labute approximate surface area is 832 Å². The average Bonchev–Trinajstić information content (AvgIpc) is 1.22. The van der Waals surface area contributed by atoms with Crippen molar-refractivity contribution in [1.82, 2.24) is 40.3 Å². The van der Waals surface area contributed by atoms with Gasteiger partial charge in [0.1, 0.15) is 78.6 Å². The predicted molar refractivity (Wildman–Crippen MR) is 537 cm³/mol. The number of quaternary nitrogens is 1. The van der Waals surface area contributed by atoms with E-state index in [1.165, 1.54) is 52.6 Å². The minimum absolute atomic E-state index is 0. The Balaban J connectivity index is 0.000000253. The van der Waals surface area contributed by atoms with Crippen molar-refractivity contribution < 1.29 is 104 Å². The molecule has 6 aromatic carbocycles. The average molecular weight is 1970 g/mol. The molecule has 10 N–H and O–H groups in total. The van der Waals surface area contributed by atoms with Crippen molar-refractivity contribution in [2.75, 3.05) is 141 Å². The van der Waals surface area contributed by atoms with Crippen LogP contribution in [0.2, 0.25) is 0 Å². The van der Waals surface area contributed by atoms with Crippen molar-refractivity contribution >= 4 is 127 Å². The standard InChI is InChI=1S/2C53H65FN8O9.CH4/c1-36-30-40(16-17-42(36)54)58-50-41-32-45(71-27-9-23-60-25-28-70-29-26-60)44(69-2)33-43(41)61(35-57-50)34-37-12-14-39(15-13-37)59-51(67)38(10-7-22-56-52(55)68)31-47(64)53(20-8-21-53)46(63)11-5-3-4-6-24-62-48(65)18-19-49(62)66;1-36-30-40(16-17-42(36)54)59-50-41-32-45(44(69-2)33-43(41)57-35-58-50)71-27-9-24-62(25-28-70-29-26-62)34-37-12-14-39(15-13-37)60-51(67)38(10-7-22-56-52(55)68)31-47(64)53(20-8-21-53)46(63)11-5-3-4-6-23-61-48(65)18-19-49(61)66;/h12-19,30,32-33,35,38H,3-11,20-29,31,34H2,1-2H3,(H4,55,56,59,67,68);12-19,30,32-33,35,38H,3-11,20-29,31,34H2,1-2H3,(H4-,55,56,57,58,59,60,67,68);1H4/p+2/t2*38-;/m11./s1. The topological polar surface area (TPSA) is 437 Å². The summed E-state index contributed by atoms with van der Waals surface area (Å²) in [6.45, 7) is 14.4. The summed E-state index contributed by atoms with van der Waals surface area (Å²) in [5.74, 6) is -1.38. The molecule has 764 valence electrons. The third-order valence-corrected chi connectivity index (χ3v) is 27.8. The molecule has 2 aromatic heterocycles. The lowest BCUT2D eigenvalue weighted by Crippen LogP contribution is -2.55. The number of nitrogens with one attached hydrogen (secondary N) is 6. The van der Waals surface area contributed by atoms with E-state index in [1.54, 1.807) is 70.8 Å². The van der Waals surface area contributed by atoms with E-state index in [4.69, 9.17) is 44.9 Å². The van der Waals surface area contributed by atoms with Gasteiger partial charge >= 0.3 is 12.1 Å². The monoisotopic (exact) mass is 1970 g/mol. The Hall–Kier alpha value is -13.6. The predicted octanol–water partition coefficient (Wildman–Crippen LogP) is 14.3. The number of hydrogen-bond donors (Lipinski definition) is 8. The van der Waals surface area contributed by atoms with Gasteiger partial charge in [-0.3, -0.25) is 62.6 Å². The molecule has 8 aromatic rings. The van der Waals surface area contributed by atoms with Crippen molar-refractivity contribution in [1.29, 1.82) is 0 Å². The summed E-state index contributed by atoms with van der Waals surface area (Å²) in [6.07, 6.45) is 20.1. The molecule has 14 rings (SSSR count). The summed E-state index contributed by atoms with van der Waals surface area (Å²) in [5, 5.41) is 19.2. The molecule has 6 aliphatic rings. The zero-order valence-corrected chi connectivity index (χ0v) is 81.5. The van der Waals surface area contributed by atoms with Gasteiger partial charge in [-0.2, -0.15) is 0 Å². The highest BCUT2D eigenvalue weighted by molar-refractivity contribution is 6.14. The number of rotatable bonds is 54. The number of hydrogen-bond acceptors (Lipinski definition) is 24. The largest absolute Gasteiger partial charge is 0.493 e. The number of carbonyl (C=O) groups excluding carboxylic acids is 12. The zero-order valence-electron chi connectivity index (χ0n) is 81.5. The van der Waals surface area contributed by atoms with Crippen LogP contribution in [0.15, 0.2) is 146 Å². The number of urea groups is 2. The lowest BCUT2D eigenvalue weighted by atomic mass is 9.61. The number of aryl methyl sites for hydroxylation is 2. The fourth-order valence-electron chi connectivity index (χ4n) is 19.1. The van der Waals surface area contributed by atoms with E-state index in [0.29, 0.717) is 197 Å². The van der Waals surface area contributed by atoms with Crippen LogP contribution >= 0.6 is 0 Å². The maximum atomic E-state index is 14.2. The molecule has 143 heavy (non-hydrogen) atoms. The number of morpholine rings is 2. The molecule has 6 heterocycles. The van der Waals surface area contributed by atoms with E-state index in [0.717, 1.165) is 136 Å². The Bertz CT molecular complexity index is 5870. The van der Waals surface area contributed by atoms with Crippen molar-refractivity contribution in [3.05, 3.63) is 180 Å². The molecule has 36 heteroatoms. The molecule has 2 saturated carbocycles. The SMILES string of the molecule is C.COc1cc2c(cc1OCCCN1CCOCC1)c(Nc1ccc(F)c(C)c1)nc[n+]2Cc1ccc(NC(=O)[C@H](CCCNC(N)=O)CC(=O)C2(C(=O)CCCCCCN3C(=O)C=CC3=O)CCC2)cc1.COc1cc2ncnc(Nc3ccc(F)c(C)c3)c2cc1OCCC[N+]1(Cc2ccc(NC(=O)[C@H](CCCNC(N)=O)CC(=O)C3(C(=O)CCCCCCN4C(=O)C=CC4=O)CCC3)cc2)CCOCC1. The number of primary amides is 2. The van der Waals surface area contributed by atoms with Crippen LogP contribution in [0, 0.1) is 48.1 Å². The molecule has 4 aliphatic heterocycles. The summed E-state index contributed by atoms with van der Waals surface area (Å²) in [5.41, 5.74) is 15.3. The number of aromatic nitrogens is 4. The number of methoxy groups -OCH3 is 2. The molecule has 2 atom stereocenters. The summed E-state index contributed by atoms with van der Waals surface area (Å²) in [4.78, 5) is 172. The number of fused-ring (bicyclic) bond motifs is 2. The number of unbranched alkanes of at least 4 members (excludes halogenated alkanes) is 6. The third-order valence-electron chi connectivity index (χ3n) is 27.8. The number of ether oxygens (including phenoxy) is 6. The molecule has 0 bridgehead atoms. The molecule has 2 saturated heterocycles. The van der Waals surface area contributed by atoms with Gasteiger partial charge in [0, 0.05) is 166 Å². The fraction of sp³-hybridized carbons (Fsp3) is 0.477. The first-order valence-electron chi connectivity index (χ1n) is 49.5. The lowest BCUT2D eigenvalue weighted by molar-refractivity contribution is -0.947. The maximum Gasteiger partial charge on any atom is 0.312 e. The zero-order chi connectivity index (χ0) is 101. The van der Waals surface area contributed by atoms with E-state index in [2.05, 4.69) is 46.8 Å². The van der Waals surface area contributed by atoms with Crippen LogP contribution in [0.5, 0.6) is 23.0 Å². The van der Waals surface area contributed by atoms with Crippen LogP contribution in [-0.2, 0) is 70.5 Å². The van der Waals surface area contributed by atoms with Crippen molar-refractivity contribution in [2.45, 2.75) is 188 Å². The van der Waals surface area contributed by atoms with Crippen molar-refractivity contribution in [3.63, 3.8) is 0 Å². The number of amides is 10. The molecule has 0 radical (unpaired) electrons. The van der Waals surface area contributed by atoms with E-state index in [-0.39, 0.29) is 123 Å². The van der Waals surface area contributed by atoms with Crippen LogP contribution in [-0.4, -0.2) is 224 Å². The highest BCUT2D eigenvalue weighted by Crippen LogP contribution is 2.48. The summed E-state index contributed by atoms with van der Waals surface area (Å²) >= 11 is 0. The number of Topliss-reactive ketones (excluding diaryl/α,β-unsaturated/α-hetero) is 4. The summed E-state index contributed by atoms with van der Waals surface area (Å²) in [6, 6.07) is 30.8. The molecule has 10 amide bonds. The second-order valence-electron chi connectivity index (χ2n) is 37.6. The molecule has 2 aliphatic carbocycles. The number of halogens is 2. The number of nitrogens with zero attached hydrogens (tertiary/aromatic N) is 8. The van der Waals surface area contributed by atoms with Crippen LogP contribution in [0.1, 0.15) is 184 Å². The number of ketones is 4. The second-order valence-corrected chi connectivity index (χ2v) is 37.6. The Kier molecular flexibility index (Phi) is 39.7. The fourth-order valence-corrected chi connectivity index (χ4v) is 19.1. The van der Waals surface area contributed by atoms with Gasteiger partial charge < -0.3 is 76.3 Å². The first-order chi connectivity index (χ1) is 68.6. The Morgan fingerprint density at radius 3 is 1.43 bits per heavy atom. The van der Waals surface area contributed by atoms with Crippen LogP contribution in [0.4, 0.5) is 52.8 Å². The number of carbonyl (C=O) groups is 12. The van der Waals surface area contributed by atoms with Gasteiger partial charge in [-0.1, -0.05) is 70.2 Å². The van der Waals surface area contributed by atoms with Gasteiger partial charge in [0.15, 0.2) is 23.0 Å². The van der Waals surface area contributed by atoms with E-state index in [9.17, 15) is 66.3 Å².